The predicted molar refractivity (Wildman–Crippen MR) is 60.9 cm³/mol. The van der Waals surface area contributed by atoms with E-state index < -0.39 is 0 Å². The van der Waals surface area contributed by atoms with Gasteiger partial charge in [0.2, 0.25) is 0 Å². The average Bonchev–Trinajstić information content (AvgIpc) is 2.41. The van der Waals surface area contributed by atoms with E-state index in [4.69, 9.17) is 4.74 Å². The van der Waals surface area contributed by atoms with Gasteiger partial charge in [-0.3, -0.25) is 0 Å². The van der Waals surface area contributed by atoms with Gasteiger partial charge in [0, 0.05) is 6.42 Å². The molecule has 0 fully saturated rings. The van der Waals surface area contributed by atoms with Crippen LogP contribution < -0.4 is 4.74 Å². The standard InChI is InChI=1S/C11H14O.C2H6/c1-8-4-5-9-7-11(2,3)12-10(9)6-8;1-2/h4-6H,7H2,1-3H3;1-2H3. The van der Waals surface area contributed by atoms with Crippen LogP contribution in [-0.4, -0.2) is 5.60 Å². The molecule has 0 radical (unpaired) electrons. The monoisotopic (exact) mass is 192 g/mol. The number of ether oxygens (including phenoxy) is 1. The SMILES string of the molecule is CC.Cc1ccc2c(c1)OC(C)(C)C2. The predicted octanol–water partition coefficient (Wildman–Crippen LogP) is 3.73. The van der Waals surface area contributed by atoms with Crippen LogP contribution in [0.5, 0.6) is 5.75 Å². The molecule has 0 unspecified atom stereocenters. The maximum absolute atomic E-state index is 5.78. The van der Waals surface area contributed by atoms with Crippen LogP contribution in [0.25, 0.3) is 0 Å². The van der Waals surface area contributed by atoms with Gasteiger partial charge in [0.05, 0.1) is 0 Å². The molecule has 0 spiro atoms. The second-order valence-electron chi connectivity index (χ2n) is 4.15. The summed E-state index contributed by atoms with van der Waals surface area (Å²) in [6.45, 7) is 10.3. The summed E-state index contributed by atoms with van der Waals surface area (Å²) in [4.78, 5) is 0. The molecule has 0 N–H and O–H groups in total. The second-order valence-corrected chi connectivity index (χ2v) is 4.15. The van der Waals surface area contributed by atoms with Crippen molar-refractivity contribution < 1.29 is 4.74 Å². The zero-order valence-corrected chi connectivity index (χ0v) is 9.85. The highest BCUT2D eigenvalue weighted by molar-refractivity contribution is 5.41. The number of rotatable bonds is 0. The third kappa shape index (κ3) is 2.28. The lowest BCUT2D eigenvalue weighted by Gasteiger charge is -2.16. The largest absolute Gasteiger partial charge is 0.487 e. The Hall–Kier alpha value is -0.980. The van der Waals surface area contributed by atoms with Crippen molar-refractivity contribution in [3.05, 3.63) is 29.3 Å². The Morgan fingerprint density at radius 3 is 2.50 bits per heavy atom. The Balaban J connectivity index is 0.000000461. The van der Waals surface area contributed by atoms with Crippen molar-refractivity contribution in [3.8, 4) is 5.75 Å². The number of hydrogen-bond acceptors (Lipinski definition) is 1. The molecule has 1 aromatic carbocycles. The fourth-order valence-electron chi connectivity index (χ4n) is 1.70. The summed E-state index contributed by atoms with van der Waals surface area (Å²) in [6.07, 6.45) is 1.03. The Morgan fingerprint density at radius 1 is 1.21 bits per heavy atom. The lowest BCUT2D eigenvalue weighted by Crippen LogP contribution is -2.24. The summed E-state index contributed by atoms with van der Waals surface area (Å²) in [5, 5.41) is 0. The number of hydrogen-bond donors (Lipinski definition) is 0. The van der Waals surface area contributed by atoms with Crippen molar-refractivity contribution in [2.45, 2.75) is 46.6 Å². The van der Waals surface area contributed by atoms with Crippen LogP contribution in [0.2, 0.25) is 0 Å². The fourth-order valence-corrected chi connectivity index (χ4v) is 1.70. The van der Waals surface area contributed by atoms with Crippen molar-refractivity contribution in [2.24, 2.45) is 0 Å². The highest BCUT2D eigenvalue weighted by Gasteiger charge is 2.29. The van der Waals surface area contributed by atoms with Crippen molar-refractivity contribution in [1.29, 1.82) is 0 Å². The van der Waals surface area contributed by atoms with Gasteiger partial charge < -0.3 is 4.74 Å². The smallest absolute Gasteiger partial charge is 0.123 e. The molecule has 2 rings (SSSR count). The highest BCUT2D eigenvalue weighted by Crippen LogP contribution is 2.34. The third-order valence-electron chi connectivity index (χ3n) is 2.23. The Labute approximate surface area is 87.1 Å². The van der Waals surface area contributed by atoms with Crippen LogP contribution in [-0.2, 0) is 6.42 Å². The molecule has 78 valence electrons. The zero-order chi connectivity index (χ0) is 10.8. The van der Waals surface area contributed by atoms with Crippen LogP contribution in [0.1, 0.15) is 38.8 Å². The summed E-state index contributed by atoms with van der Waals surface area (Å²) in [6, 6.07) is 6.42. The molecule has 1 aliphatic rings. The Kier molecular flexibility index (Phi) is 3.20. The summed E-state index contributed by atoms with van der Waals surface area (Å²) < 4.78 is 5.78. The highest BCUT2D eigenvalue weighted by atomic mass is 16.5. The van der Waals surface area contributed by atoms with Gasteiger partial charge in [-0.2, -0.15) is 0 Å². The van der Waals surface area contributed by atoms with E-state index in [0.29, 0.717) is 0 Å². The van der Waals surface area contributed by atoms with E-state index in [1.807, 2.05) is 13.8 Å². The molecule has 14 heavy (non-hydrogen) atoms. The molecular formula is C13H20O. The summed E-state index contributed by atoms with van der Waals surface area (Å²) in [5.74, 6) is 1.07. The lowest BCUT2D eigenvalue weighted by atomic mass is 10.0. The van der Waals surface area contributed by atoms with Crippen LogP contribution in [0.15, 0.2) is 18.2 Å². The van der Waals surface area contributed by atoms with Gasteiger partial charge >= 0.3 is 0 Å². The van der Waals surface area contributed by atoms with Gasteiger partial charge in [0.1, 0.15) is 11.4 Å². The first-order valence-electron chi connectivity index (χ1n) is 5.35. The quantitative estimate of drug-likeness (QED) is 0.608. The van der Waals surface area contributed by atoms with E-state index in [2.05, 4.69) is 39.0 Å². The first kappa shape index (κ1) is 11.1. The van der Waals surface area contributed by atoms with E-state index in [9.17, 15) is 0 Å². The van der Waals surface area contributed by atoms with Crippen LogP contribution >= 0.6 is 0 Å². The molecular weight excluding hydrogens is 172 g/mol. The molecule has 1 heterocycles. The second kappa shape index (κ2) is 4.04. The fraction of sp³-hybridized carbons (Fsp3) is 0.538. The maximum Gasteiger partial charge on any atom is 0.123 e. The van der Waals surface area contributed by atoms with Crippen molar-refractivity contribution in [1.82, 2.24) is 0 Å². The molecule has 1 aromatic rings. The molecule has 0 atom stereocenters. The van der Waals surface area contributed by atoms with E-state index in [1.54, 1.807) is 0 Å². The van der Waals surface area contributed by atoms with Crippen LogP contribution in [0, 0.1) is 6.92 Å². The summed E-state index contributed by atoms with van der Waals surface area (Å²) >= 11 is 0. The first-order chi connectivity index (χ1) is 6.57. The number of benzene rings is 1. The molecule has 0 saturated heterocycles. The Bertz CT molecular complexity index is 313. The molecule has 1 aliphatic heterocycles. The summed E-state index contributed by atoms with van der Waals surface area (Å²) in [7, 11) is 0. The average molecular weight is 192 g/mol. The van der Waals surface area contributed by atoms with E-state index in [0.717, 1.165) is 12.2 Å². The normalized spacial score (nSPS) is 16.4. The van der Waals surface area contributed by atoms with Gasteiger partial charge in [-0.05, 0) is 38.0 Å². The molecule has 0 aromatic heterocycles. The minimum absolute atomic E-state index is 0.00384. The third-order valence-corrected chi connectivity index (χ3v) is 2.23. The van der Waals surface area contributed by atoms with E-state index in [-0.39, 0.29) is 5.60 Å². The molecule has 1 nitrogen and oxygen atoms in total. The maximum atomic E-state index is 5.78. The molecule has 0 saturated carbocycles. The van der Waals surface area contributed by atoms with Gasteiger partial charge in [0.25, 0.3) is 0 Å². The van der Waals surface area contributed by atoms with Crippen LogP contribution in [0.4, 0.5) is 0 Å². The molecule has 0 bridgehead atoms. The van der Waals surface area contributed by atoms with Gasteiger partial charge in [-0.1, -0.05) is 26.0 Å². The molecule has 0 aliphatic carbocycles. The van der Waals surface area contributed by atoms with E-state index >= 15 is 0 Å². The van der Waals surface area contributed by atoms with Crippen molar-refractivity contribution in [2.75, 3.05) is 0 Å². The minimum atomic E-state index is -0.00384. The van der Waals surface area contributed by atoms with Crippen LogP contribution in [0.3, 0.4) is 0 Å². The van der Waals surface area contributed by atoms with E-state index in [1.165, 1.54) is 11.1 Å². The lowest BCUT2D eigenvalue weighted by molar-refractivity contribution is 0.138. The molecule has 1 heteroatoms. The Morgan fingerprint density at radius 2 is 1.86 bits per heavy atom. The zero-order valence-electron chi connectivity index (χ0n) is 9.85. The van der Waals surface area contributed by atoms with Gasteiger partial charge in [0.15, 0.2) is 0 Å². The number of aryl methyl sites for hydroxylation is 1. The first-order valence-corrected chi connectivity index (χ1v) is 5.35. The number of fused-ring (bicyclic) bond motifs is 1. The summed E-state index contributed by atoms with van der Waals surface area (Å²) in [5.41, 5.74) is 2.60. The van der Waals surface area contributed by atoms with Crippen molar-refractivity contribution in [3.63, 3.8) is 0 Å². The van der Waals surface area contributed by atoms with Gasteiger partial charge in [-0.15, -0.1) is 0 Å². The minimum Gasteiger partial charge on any atom is -0.487 e. The molecule has 0 amide bonds. The van der Waals surface area contributed by atoms with Gasteiger partial charge in [-0.25, -0.2) is 0 Å². The topological polar surface area (TPSA) is 9.23 Å². The van der Waals surface area contributed by atoms with Crippen molar-refractivity contribution >= 4 is 0 Å².